The monoisotopic (exact) mass is 310 g/mol. The normalized spacial score (nSPS) is 11.7. The lowest BCUT2D eigenvalue weighted by Crippen LogP contribution is -2.26. The van der Waals surface area contributed by atoms with E-state index in [0.29, 0.717) is 24.4 Å². The molecule has 20 heavy (non-hydrogen) atoms. The average molecular weight is 310 g/mol. The van der Waals surface area contributed by atoms with Crippen molar-refractivity contribution in [2.24, 2.45) is 0 Å². The fraction of sp³-hybridized carbons (Fsp3) is 0.286. The van der Waals surface area contributed by atoms with Crippen LogP contribution in [-0.2, 0) is 23.0 Å². The van der Waals surface area contributed by atoms with E-state index in [4.69, 9.17) is 0 Å². The van der Waals surface area contributed by atoms with Gasteiger partial charge in [0.15, 0.2) is 0 Å². The SMILES string of the molecule is CNCc1cccc(S(=O)(=O)NCCc2cccs2)c1. The lowest BCUT2D eigenvalue weighted by atomic mass is 10.2. The van der Waals surface area contributed by atoms with Gasteiger partial charge in [-0.1, -0.05) is 18.2 Å². The summed E-state index contributed by atoms with van der Waals surface area (Å²) < 4.78 is 27.0. The first-order valence-corrected chi connectivity index (χ1v) is 8.74. The van der Waals surface area contributed by atoms with Gasteiger partial charge in [0, 0.05) is 18.0 Å². The maximum atomic E-state index is 12.2. The van der Waals surface area contributed by atoms with Gasteiger partial charge in [0.05, 0.1) is 4.90 Å². The molecule has 0 fully saturated rings. The number of benzene rings is 1. The Morgan fingerprint density at radius 2 is 2.05 bits per heavy atom. The van der Waals surface area contributed by atoms with Crippen molar-refractivity contribution < 1.29 is 8.42 Å². The van der Waals surface area contributed by atoms with Crippen LogP contribution in [0.2, 0.25) is 0 Å². The van der Waals surface area contributed by atoms with E-state index in [-0.39, 0.29) is 0 Å². The number of sulfonamides is 1. The van der Waals surface area contributed by atoms with Gasteiger partial charge in [0.25, 0.3) is 0 Å². The summed E-state index contributed by atoms with van der Waals surface area (Å²) in [4.78, 5) is 1.49. The summed E-state index contributed by atoms with van der Waals surface area (Å²) in [5, 5.41) is 5.00. The van der Waals surface area contributed by atoms with Gasteiger partial charge in [0.1, 0.15) is 0 Å². The third-order valence-electron chi connectivity index (χ3n) is 2.83. The predicted octanol–water partition coefficient (Wildman–Crippen LogP) is 1.99. The van der Waals surface area contributed by atoms with Gasteiger partial charge in [-0.2, -0.15) is 0 Å². The summed E-state index contributed by atoms with van der Waals surface area (Å²) >= 11 is 1.64. The fourth-order valence-electron chi connectivity index (χ4n) is 1.87. The molecule has 0 unspecified atom stereocenters. The Bertz CT molecular complexity index is 637. The van der Waals surface area contributed by atoms with E-state index in [0.717, 1.165) is 5.56 Å². The number of hydrogen-bond donors (Lipinski definition) is 2. The Kier molecular flexibility index (Phi) is 5.31. The predicted molar refractivity (Wildman–Crippen MR) is 82.4 cm³/mol. The molecule has 6 heteroatoms. The van der Waals surface area contributed by atoms with E-state index >= 15 is 0 Å². The molecule has 0 atom stereocenters. The number of hydrogen-bond acceptors (Lipinski definition) is 4. The lowest BCUT2D eigenvalue weighted by molar-refractivity contribution is 0.581. The van der Waals surface area contributed by atoms with Crippen molar-refractivity contribution in [3.8, 4) is 0 Å². The first kappa shape index (κ1) is 15.2. The third kappa shape index (κ3) is 4.14. The molecule has 0 radical (unpaired) electrons. The molecular formula is C14H18N2O2S2. The summed E-state index contributed by atoms with van der Waals surface area (Å²) in [6.07, 6.45) is 0.715. The zero-order chi connectivity index (χ0) is 14.4. The highest BCUT2D eigenvalue weighted by atomic mass is 32.2. The Hall–Kier alpha value is -1.21. The zero-order valence-corrected chi connectivity index (χ0v) is 12.9. The Labute approximate surface area is 123 Å². The maximum absolute atomic E-state index is 12.2. The molecule has 0 bridgehead atoms. The first-order valence-electron chi connectivity index (χ1n) is 6.37. The molecule has 0 aliphatic heterocycles. The Balaban J connectivity index is 2.00. The quantitative estimate of drug-likeness (QED) is 0.822. The van der Waals surface area contributed by atoms with E-state index in [9.17, 15) is 8.42 Å². The van der Waals surface area contributed by atoms with Crippen LogP contribution < -0.4 is 10.0 Å². The molecule has 0 saturated heterocycles. The van der Waals surface area contributed by atoms with Crippen LogP contribution in [0.5, 0.6) is 0 Å². The standard InChI is InChI=1S/C14H18N2O2S2/c1-15-11-12-4-2-6-14(10-12)20(17,18)16-8-7-13-5-3-9-19-13/h2-6,9-10,15-16H,7-8,11H2,1H3. The van der Waals surface area contributed by atoms with Crippen LogP contribution >= 0.6 is 11.3 Å². The van der Waals surface area contributed by atoms with Crippen molar-refractivity contribution in [1.82, 2.24) is 10.0 Å². The number of nitrogens with one attached hydrogen (secondary N) is 2. The maximum Gasteiger partial charge on any atom is 0.240 e. The molecule has 0 aliphatic rings. The average Bonchev–Trinajstić information content (AvgIpc) is 2.92. The van der Waals surface area contributed by atoms with Crippen LogP contribution in [0.3, 0.4) is 0 Å². The minimum atomic E-state index is -3.43. The minimum absolute atomic E-state index is 0.316. The van der Waals surface area contributed by atoms with E-state index in [1.54, 1.807) is 29.5 Å². The van der Waals surface area contributed by atoms with Crippen LogP contribution in [0.1, 0.15) is 10.4 Å². The van der Waals surface area contributed by atoms with Crippen LogP contribution in [0, 0.1) is 0 Å². The second-order valence-corrected chi connectivity index (χ2v) is 7.20. The van der Waals surface area contributed by atoms with E-state index < -0.39 is 10.0 Å². The van der Waals surface area contributed by atoms with Gasteiger partial charge in [0.2, 0.25) is 10.0 Å². The number of rotatable bonds is 7. The molecule has 1 aromatic carbocycles. The van der Waals surface area contributed by atoms with Crippen LogP contribution in [-0.4, -0.2) is 22.0 Å². The van der Waals surface area contributed by atoms with Crippen LogP contribution in [0.4, 0.5) is 0 Å². The van der Waals surface area contributed by atoms with Crippen molar-refractivity contribution in [2.45, 2.75) is 17.9 Å². The second-order valence-electron chi connectivity index (χ2n) is 4.40. The first-order chi connectivity index (χ1) is 9.62. The number of thiophene rings is 1. The van der Waals surface area contributed by atoms with Gasteiger partial charge >= 0.3 is 0 Å². The van der Waals surface area contributed by atoms with E-state index in [1.807, 2.05) is 30.6 Å². The van der Waals surface area contributed by atoms with Gasteiger partial charge in [-0.25, -0.2) is 13.1 Å². The molecule has 2 aromatic rings. The molecule has 108 valence electrons. The van der Waals surface area contributed by atoms with Crippen molar-refractivity contribution in [2.75, 3.05) is 13.6 Å². The molecule has 2 rings (SSSR count). The largest absolute Gasteiger partial charge is 0.316 e. The molecule has 4 nitrogen and oxygen atoms in total. The van der Waals surface area contributed by atoms with Crippen molar-refractivity contribution in [3.63, 3.8) is 0 Å². The third-order valence-corrected chi connectivity index (χ3v) is 5.23. The van der Waals surface area contributed by atoms with Gasteiger partial charge < -0.3 is 5.32 Å². The summed E-state index contributed by atoms with van der Waals surface area (Å²) in [6.45, 7) is 1.07. The summed E-state index contributed by atoms with van der Waals surface area (Å²) in [5.74, 6) is 0. The molecule has 0 saturated carbocycles. The molecule has 0 aliphatic carbocycles. The van der Waals surface area contributed by atoms with Crippen LogP contribution in [0.25, 0.3) is 0 Å². The highest BCUT2D eigenvalue weighted by molar-refractivity contribution is 7.89. The van der Waals surface area contributed by atoms with Gasteiger partial charge in [-0.3, -0.25) is 0 Å². The second kappa shape index (κ2) is 6.99. The molecule has 0 amide bonds. The van der Waals surface area contributed by atoms with E-state index in [2.05, 4.69) is 10.0 Å². The van der Waals surface area contributed by atoms with Crippen LogP contribution in [0.15, 0.2) is 46.7 Å². The summed E-state index contributed by atoms with van der Waals surface area (Å²) in [5.41, 5.74) is 0.952. The zero-order valence-electron chi connectivity index (χ0n) is 11.3. The minimum Gasteiger partial charge on any atom is -0.316 e. The highest BCUT2D eigenvalue weighted by Crippen LogP contribution is 2.12. The van der Waals surface area contributed by atoms with Crippen molar-refractivity contribution in [1.29, 1.82) is 0 Å². The molecular weight excluding hydrogens is 292 g/mol. The van der Waals surface area contributed by atoms with Gasteiger partial charge in [-0.15, -0.1) is 11.3 Å². The summed E-state index contributed by atoms with van der Waals surface area (Å²) in [7, 11) is -1.59. The molecule has 1 aromatic heterocycles. The fourth-order valence-corrected chi connectivity index (χ4v) is 3.68. The smallest absolute Gasteiger partial charge is 0.240 e. The van der Waals surface area contributed by atoms with Crippen molar-refractivity contribution in [3.05, 3.63) is 52.2 Å². The van der Waals surface area contributed by atoms with E-state index in [1.165, 1.54) is 4.88 Å². The molecule has 1 heterocycles. The molecule has 0 spiro atoms. The lowest BCUT2D eigenvalue weighted by Gasteiger charge is -2.08. The highest BCUT2D eigenvalue weighted by Gasteiger charge is 2.13. The summed E-state index contributed by atoms with van der Waals surface area (Å²) in [6, 6.07) is 11.0. The molecule has 2 N–H and O–H groups in total. The van der Waals surface area contributed by atoms with Gasteiger partial charge in [-0.05, 0) is 42.6 Å². The Morgan fingerprint density at radius 1 is 1.20 bits per heavy atom. The Morgan fingerprint density at radius 3 is 2.75 bits per heavy atom. The topological polar surface area (TPSA) is 58.2 Å². The van der Waals surface area contributed by atoms with Crippen molar-refractivity contribution >= 4 is 21.4 Å².